The molecule has 0 aliphatic heterocycles. The molecular weight excluding hydrogens is 246 g/mol. The molecule has 1 unspecified atom stereocenters. The molecule has 2 aromatic heterocycles. The van der Waals surface area contributed by atoms with E-state index in [-0.39, 0.29) is 12.4 Å². The summed E-state index contributed by atoms with van der Waals surface area (Å²) >= 11 is 0. The van der Waals surface area contributed by atoms with Gasteiger partial charge >= 0.3 is 0 Å². The molecule has 0 saturated heterocycles. The molecule has 4 nitrogen and oxygen atoms in total. The number of hydrogen-bond acceptors (Lipinski definition) is 4. The zero-order valence-corrected chi connectivity index (χ0v) is 9.95. The van der Waals surface area contributed by atoms with E-state index in [2.05, 4.69) is 15.0 Å². The molecule has 2 aromatic rings. The van der Waals surface area contributed by atoms with E-state index in [0.717, 1.165) is 5.56 Å². The van der Waals surface area contributed by atoms with Crippen LogP contribution in [-0.2, 0) is 16.6 Å². The van der Waals surface area contributed by atoms with Crippen LogP contribution in [0.1, 0.15) is 5.56 Å². The van der Waals surface area contributed by atoms with Crippen molar-refractivity contribution >= 4 is 23.2 Å². The molecule has 0 bridgehead atoms. The van der Waals surface area contributed by atoms with E-state index < -0.39 is 10.8 Å². The van der Waals surface area contributed by atoms with Crippen LogP contribution in [0.15, 0.2) is 48.1 Å². The lowest BCUT2D eigenvalue weighted by Crippen LogP contribution is -2.01. The van der Waals surface area contributed by atoms with Gasteiger partial charge in [-0.1, -0.05) is 0 Å². The van der Waals surface area contributed by atoms with E-state index in [4.69, 9.17) is 0 Å². The van der Waals surface area contributed by atoms with Crippen molar-refractivity contribution in [3.63, 3.8) is 0 Å². The quantitative estimate of drug-likeness (QED) is 0.782. The van der Waals surface area contributed by atoms with Crippen molar-refractivity contribution < 1.29 is 4.21 Å². The number of halogens is 1. The molecule has 2 rings (SSSR count). The van der Waals surface area contributed by atoms with Gasteiger partial charge in [0.1, 0.15) is 0 Å². The van der Waals surface area contributed by atoms with E-state index in [1.165, 1.54) is 0 Å². The predicted molar refractivity (Wildman–Crippen MR) is 63.6 cm³/mol. The van der Waals surface area contributed by atoms with Crippen LogP contribution in [0.25, 0.3) is 0 Å². The first kappa shape index (κ1) is 12.7. The maximum Gasteiger partial charge on any atom is 0.218 e. The molecule has 1 atom stereocenters. The molecule has 6 heteroatoms. The normalized spacial score (nSPS) is 11.5. The lowest BCUT2D eigenvalue weighted by Gasteiger charge is -1.99. The smallest absolute Gasteiger partial charge is 0.218 e. The summed E-state index contributed by atoms with van der Waals surface area (Å²) in [5.41, 5.74) is 0.968. The van der Waals surface area contributed by atoms with Crippen LogP contribution < -0.4 is 0 Å². The Hall–Kier alpha value is -1.33. The highest BCUT2D eigenvalue weighted by Gasteiger charge is 2.06. The Balaban J connectivity index is 0.00000128. The molecular formula is C10H10ClN3OS. The fourth-order valence-corrected chi connectivity index (χ4v) is 2.08. The van der Waals surface area contributed by atoms with Gasteiger partial charge in [0.2, 0.25) is 5.16 Å². The fourth-order valence-electron chi connectivity index (χ4n) is 1.10. The zero-order chi connectivity index (χ0) is 10.5. The van der Waals surface area contributed by atoms with Gasteiger partial charge in [-0.25, -0.2) is 9.97 Å². The second-order valence-electron chi connectivity index (χ2n) is 2.88. The van der Waals surface area contributed by atoms with Gasteiger partial charge in [0, 0.05) is 24.8 Å². The van der Waals surface area contributed by atoms with Gasteiger partial charge in [0.15, 0.2) is 0 Å². The highest BCUT2D eigenvalue weighted by molar-refractivity contribution is 7.84. The maximum atomic E-state index is 11.8. The second-order valence-corrected chi connectivity index (χ2v) is 4.22. The predicted octanol–water partition coefficient (Wildman–Crippen LogP) is 1.60. The van der Waals surface area contributed by atoms with Crippen LogP contribution in [0.4, 0.5) is 0 Å². The zero-order valence-electron chi connectivity index (χ0n) is 8.31. The highest BCUT2D eigenvalue weighted by Crippen LogP contribution is 2.06. The molecule has 0 radical (unpaired) electrons. The van der Waals surface area contributed by atoms with E-state index in [0.29, 0.717) is 10.9 Å². The number of nitrogens with zero attached hydrogens (tertiary/aromatic N) is 3. The number of aromatic nitrogens is 3. The Morgan fingerprint density at radius 1 is 1.06 bits per heavy atom. The van der Waals surface area contributed by atoms with Crippen LogP contribution in [0.5, 0.6) is 0 Å². The van der Waals surface area contributed by atoms with E-state index in [1.54, 1.807) is 30.9 Å². The molecule has 0 aliphatic rings. The molecule has 0 aromatic carbocycles. The van der Waals surface area contributed by atoms with Gasteiger partial charge in [-0.05, 0) is 23.8 Å². The second kappa shape index (κ2) is 6.30. The Morgan fingerprint density at radius 3 is 2.31 bits per heavy atom. The van der Waals surface area contributed by atoms with Gasteiger partial charge in [-0.3, -0.25) is 9.19 Å². The van der Waals surface area contributed by atoms with Crippen molar-refractivity contribution in [3.05, 3.63) is 48.5 Å². The Bertz CT molecular complexity index is 452. The minimum absolute atomic E-state index is 0. The van der Waals surface area contributed by atoms with Gasteiger partial charge in [0.05, 0.1) is 16.6 Å². The molecule has 0 saturated carbocycles. The first-order valence-corrected chi connectivity index (χ1v) is 5.72. The molecule has 0 spiro atoms. The largest absolute Gasteiger partial charge is 0.265 e. The summed E-state index contributed by atoms with van der Waals surface area (Å²) in [5, 5.41) is 0.370. The lowest BCUT2D eigenvalue weighted by molar-refractivity contribution is 0.675. The van der Waals surface area contributed by atoms with Crippen molar-refractivity contribution in [1.82, 2.24) is 15.0 Å². The highest BCUT2D eigenvalue weighted by atomic mass is 35.5. The van der Waals surface area contributed by atoms with Gasteiger partial charge in [0.25, 0.3) is 0 Å². The summed E-state index contributed by atoms with van der Waals surface area (Å²) in [4.78, 5) is 11.8. The Labute approximate surface area is 102 Å². The lowest BCUT2D eigenvalue weighted by atomic mass is 10.3. The number of rotatable bonds is 3. The number of hydrogen-bond donors (Lipinski definition) is 0. The van der Waals surface area contributed by atoms with Crippen LogP contribution in [-0.4, -0.2) is 19.2 Å². The minimum atomic E-state index is -1.18. The third-order valence-corrected chi connectivity index (χ3v) is 3.01. The van der Waals surface area contributed by atoms with Crippen molar-refractivity contribution in [2.24, 2.45) is 0 Å². The molecule has 16 heavy (non-hydrogen) atoms. The monoisotopic (exact) mass is 255 g/mol. The van der Waals surface area contributed by atoms with E-state index >= 15 is 0 Å². The SMILES string of the molecule is Cl.O=S(Cc1ccncc1)c1ncccn1. The first-order valence-electron chi connectivity index (χ1n) is 4.40. The number of pyridine rings is 1. The Kier molecular flexibility index (Phi) is 5.01. The topological polar surface area (TPSA) is 55.7 Å². The van der Waals surface area contributed by atoms with Crippen molar-refractivity contribution in [2.75, 3.05) is 0 Å². The molecule has 84 valence electrons. The van der Waals surface area contributed by atoms with Crippen LogP contribution in [0, 0.1) is 0 Å². The summed E-state index contributed by atoms with van der Waals surface area (Å²) in [6.07, 6.45) is 6.54. The summed E-state index contributed by atoms with van der Waals surface area (Å²) in [6.45, 7) is 0. The average molecular weight is 256 g/mol. The third kappa shape index (κ3) is 3.36. The summed E-state index contributed by atoms with van der Waals surface area (Å²) in [5.74, 6) is 0.423. The fraction of sp³-hybridized carbons (Fsp3) is 0.100. The van der Waals surface area contributed by atoms with E-state index in [1.807, 2.05) is 12.1 Å². The standard InChI is InChI=1S/C10H9N3OS.ClH/c14-15(10-12-4-1-5-13-10)8-9-2-6-11-7-3-9;/h1-7H,8H2;1H. The van der Waals surface area contributed by atoms with Gasteiger partial charge in [-0.2, -0.15) is 0 Å². The summed E-state index contributed by atoms with van der Waals surface area (Å²) in [6, 6.07) is 5.37. The summed E-state index contributed by atoms with van der Waals surface area (Å²) in [7, 11) is -1.18. The third-order valence-electron chi connectivity index (χ3n) is 1.79. The minimum Gasteiger partial charge on any atom is -0.265 e. The van der Waals surface area contributed by atoms with Gasteiger partial charge < -0.3 is 0 Å². The molecule has 0 aliphatic carbocycles. The summed E-state index contributed by atoms with van der Waals surface area (Å²) < 4.78 is 11.8. The molecule has 2 heterocycles. The van der Waals surface area contributed by atoms with Crippen LogP contribution >= 0.6 is 12.4 Å². The molecule has 0 fully saturated rings. The van der Waals surface area contributed by atoms with Crippen molar-refractivity contribution in [3.8, 4) is 0 Å². The molecule has 0 amide bonds. The van der Waals surface area contributed by atoms with Gasteiger partial charge in [-0.15, -0.1) is 12.4 Å². The van der Waals surface area contributed by atoms with Crippen LogP contribution in [0.2, 0.25) is 0 Å². The maximum absolute atomic E-state index is 11.8. The van der Waals surface area contributed by atoms with E-state index in [9.17, 15) is 4.21 Å². The van der Waals surface area contributed by atoms with Crippen molar-refractivity contribution in [2.45, 2.75) is 10.9 Å². The van der Waals surface area contributed by atoms with Crippen LogP contribution in [0.3, 0.4) is 0 Å². The average Bonchev–Trinajstić information content (AvgIpc) is 2.31. The Morgan fingerprint density at radius 2 is 1.69 bits per heavy atom. The first-order chi connectivity index (χ1) is 7.36. The molecule has 0 N–H and O–H groups in total. The van der Waals surface area contributed by atoms with Crippen molar-refractivity contribution in [1.29, 1.82) is 0 Å².